The molecule has 1 atom stereocenters. The highest BCUT2D eigenvalue weighted by Gasteiger charge is 2.35. The molecule has 1 aliphatic heterocycles. The molecule has 1 aliphatic carbocycles. The Kier molecular flexibility index (Phi) is 5.79. The van der Waals surface area contributed by atoms with Crippen molar-refractivity contribution in [1.82, 2.24) is 5.32 Å². The number of rotatable bonds is 7. The van der Waals surface area contributed by atoms with Crippen LogP contribution < -0.4 is 15.5 Å². The lowest BCUT2D eigenvalue weighted by Gasteiger charge is -2.21. The van der Waals surface area contributed by atoms with E-state index in [2.05, 4.69) is 10.6 Å². The molecule has 3 N–H and O–H groups in total. The Morgan fingerprint density at radius 1 is 1.36 bits per heavy atom. The van der Waals surface area contributed by atoms with Gasteiger partial charge in [0, 0.05) is 25.3 Å². The van der Waals surface area contributed by atoms with Crippen molar-refractivity contribution in [1.29, 1.82) is 0 Å². The molecule has 3 rings (SSSR count). The minimum absolute atomic E-state index is 0.00296. The van der Waals surface area contributed by atoms with Gasteiger partial charge in [0.1, 0.15) is 11.4 Å². The smallest absolute Gasteiger partial charge is 0.407 e. The zero-order chi connectivity index (χ0) is 20.5. The molecule has 7 nitrogen and oxygen atoms in total. The molecule has 1 saturated carbocycles. The lowest BCUT2D eigenvalue weighted by molar-refractivity contribution is -0.117. The number of aliphatic hydroxyl groups excluding tert-OH is 1. The van der Waals surface area contributed by atoms with Gasteiger partial charge in [-0.15, -0.1) is 0 Å². The topological polar surface area (TPSA) is 90.9 Å². The molecule has 28 heavy (non-hydrogen) atoms. The molecular weight excluding hydrogens is 365 g/mol. The highest BCUT2D eigenvalue weighted by Crippen LogP contribution is 2.38. The molecule has 2 aliphatic rings. The van der Waals surface area contributed by atoms with E-state index in [1.54, 1.807) is 31.7 Å². The van der Waals surface area contributed by atoms with Crippen molar-refractivity contribution < 1.29 is 23.8 Å². The molecule has 2 amide bonds. The third-order valence-corrected chi connectivity index (χ3v) is 4.62. The van der Waals surface area contributed by atoms with E-state index in [0.29, 0.717) is 29.4 Å². The lowest BCUT2D eigenvalue weighted by atomic mass is 10.1. The van der Waals surface area contributed by atoms with Gasteiger partial charge < -0.3 is 25.4 Å². The fourth-order valence-corrected chi connectivity index (χ4v) is 3.15. The van der Waals surface area contributed by atoms with Gasteiger partial charge in [-0.05, 0) is 57.2 Å². The predicted octanol–water partition coefficient (Wildman–Crippen LogP) is 2.42. The predicted molar refractivity (Wildman–Crippen MR) is 104 cm³/mol. The van der Waals surface area contributed by atoms with Gasteiger partial charge >= 0.3 is 6.09 Å². The summed E-state index contributed by atoms with van der Waals surface area (Å²) in [5.74, 6) is -0.0212. The number of ether oxygens (including phenoxy) is 1. The number of nitrogens with zero attached hydrogens (tertiary/aromatic N) is 1. The van der Waals surface area contributed by atoms with Crippen molar-refractivity contribution >= 4 is 23.4 Å². The monoisotopic (exact) mass is 393 g/mol. The first-order chi connectivity index (χ1) is 13.1. The van der Waals surface area contributed by atoms with Gasteiger partial charge in [-0.2, -0.15) is 0 Å². The van der Waals surface area contributed by atoms with Gasteiger partial charge in [-0.1, -0.05) is 0 Å². The van der Waals surface area contributed by atoms with Crippen LogP contribution in [0, 0.1) is 11.7 Å². The number of alkyl carbamates (subject to hydrolysis) is 1. The molecule has 0 spiro atoms. The van der Waals surface area contributed by atoms with Crippen LogP contribution in [-0.4, -0.2) is 48.4 Å². The molecule has 1 aromatic rings. The maximum Gasteiger partial charge on any atom is 0.407 e. The van der Waals surface area contributed by atoms with Crippen LogP contribution in [0.15, 0.2) is 12.1 Å². The molecular formula is C20H28FN3O4. The van der Waals surface area contributed by atoms with E-state index < -0.39 is 23.6 Å². The Labute approximate surface area is 164 Å². The zero-order valence-corrected chi connectivity index (χ0v) is 16.5. The second kappa shape index (κ2) is 7.95. The van der Waals surface area contributed by atoms with Crippen LogP contribution >= 0.6 is 0 Å². The van der Waals surface area contributed by atoms with Gasteiger partial charge in [0.15, 0.2) is 0 Å². The first kappa shape index (κ1) is 20.4. The average molecular weight is 393 g/mol. The zero-order valence-electron chi connectivity index (χ0n) is 16.5. The number of hydrogen-bond donors (Lipinski definition) is 3. The summed E-state index contributed by atoms with van der Waals surface area (Å²) in [5.41, 5.74) is 0.929. The van der Waals surface area contributed by atoms with Gasteiger partial charge in [0.2, 0.25) is 5.91 Å². The Morgan fingerprint density at radius 2 is 2.07 bits per heavy atom. The Morgan fingerprint density at radius 3 is 2.71 bits per heavy atom. The number of aliphatic hydroxyl groups is 1. The van der Waals surface area contributed by atoms with Crippen LogP contribution in [-0.2, 0) is 16.0 Å². The number of halogens is 1. The number of amides is 2. The number of carbonyl (C=O) groups excluding carboxylic acids is 2. The maximum atomic E-state index is 14.6. The van der Waals surface area contributed by atoms with Crippen molar-refractivity contribution in [3.8, 4) is 0 Å². The molecule has 0 bridgehead atoms. The van der Waals surface area contributed by atoms with Gasteiger partial charge in [0.25, 0.3) is 0 Å². The van der Waals surface area contributed by atoms with Crippen molar-refractivity contribution in [2.45, 2.75) is 51.7 Å². The molecule has 1 unspecified atom stereocenters. The fraction of sp³-hybridized carbons (Fsp3) is 0.600. The summed E-state index contributed by atoms with van der Waals surface area (Å²) in [4.78, 5) is 25.4. The lowest BCUT2D eigenvalue weighted by Crippen LogP contribution is -2.39. The van der Waals surface area contributed by atoms with Crippen molar-refractivity contribution in [3.63, 3.8) is 0 Å². The van der Waals surface area contributed by atoms with Crippen molar-refractivity contribution in [2.24, 2.45) is 5.92 Å². The SMILES string of the molecule is CC(C)(C)OC(=O)NCC(O)CNc1cc(F)c2c(c1)CC(=O)N2CC1CC1. The highest BCUT2D eigenvalue weighted by molar-refractivity contribution is 6.02. The number of fused-ring (bicyclic) bond motifs is 1. The largest absolute Gasteiger partial charge is 0.444 e. The Bertz CT molecular complexity index is 759. The Hall–Kier alpha value is -2.35. The molecule has 0 saturated heterocycles. The minimum Gasteiger partial charge on any atom is -0.444 e. The molecule has 0 radical (unpaired) electrons. The van der Waals surface area contributed by atoms with Crippen LogP contribution in [0.1, 0.15) is 39.2 Å². The van der Waals surface area contributed by atoms with Gasteiger partial charge in [0.05, 0.1) is 18.2 Å². The minimum atomic E-state index is -0.878. The second-order valence-corrected chi connectivity index (χ2v) is 8.51. The van der Waals surface area contributed by atoms with Crippen LogP contribution in [0.4, 0.5) is 20.6 Å². The van der Waals surface area contributed by atoms with E-state index in [1.807, 2.05) is 0 Å². The quantitative estimate of drug-likeness (QED) is 0.662. The normalized spacial score (nSPS) is 17.3. The molecule has 8 heteroatoms. The summed E-state index contributed by atoms with van der Waals surface area (Å²) >= 11 is 0. The van der Waals surface area contributed by atoms with Crippen LogP contribution in [0.3, 0.4) is 0 Å². The maximum absolute atomic E-state index is 14.6. The van der Waals surface area contributed by atoms with E-state index >= 15 is 0 Å². The molecule has 1 heterocycles. The van der Waals surface area contributed by atoms with E-state index in [0.717, 1.165) is 12.8 Å². The van der Waals surface area contributed by atoms with E-state index in [1.165, 1.54) is 6.07 Å². The molecule has 1 fully saturated rings. The number of benzene rings is 1. The summed E-state index contributed by atoms with van der Waals surface area (Å²) < 4.78 is 19.7. The summed E-state index contributed by atoms with van der Waals surface area (Å²) in [6.45, 7) is 5.97. The summed E-state index contributed by atoms with van der Waals surface area (Å²) in [6.07, 6.45) is 0.892. The Balaban J connectivity index is 1.53. The summed E-state index contributed by atoms with van der Waals surface area (Å²) in [7, 11) is 0. The van der Waals surface area contributed by atoms with E-state index in [-0.39, 0.29) is 25.4 Å². The highest BCUT2D eigenvalue weighted by atomic mass is 19.1. The number of carbonyl (C=O) groups is 2. The van der Waals surface area contributed by atoms with Crippen LogP contribution in [0.25, 0.3) is 0 Å². The van der Waals surface area contributed by atoms with Crippen LogP contribution in [0.5, 0.6) is 0 Å². The summed E-state index contributed by atoms with van der Waals surface area (Å²) in [6, 6.07) is 3.09. The third kappa shape index (κ3) is 5.34. The first-order valence-electron chi connectivity index (χ1n) is 9.64. The number of anilines is 2. The number of hydrogen-bond acceptors (Lipinski definition) is 5. The van der Waals surface area contributed by atoms with Crippen molar-refractivity contribution in [2.75, 3.05) is 29.9 Å². The standard InChI is InChI=1S/C20H28FN3O4/c1-20(2,3)28-19(27)23-10-15(25)9-22-14-6-13-7-17(26)24(11-12-4-5-12)18(13)16(21)8-14/h6,8,12,15,22,25H,4-5,7,9-11H2,1-3H3,(H,23,27). The van der Waals surface area contributed by atoms with Crippen molar-refractivity contribution in [3.05, 3.63) is 23.5 Å². The summed E-state index contributed by atoms with van der Waals surface area (Å²) in [5, 5.41) is 15.5. The fourth-order valence-electron chi connectivity index (χ4n) is 3.15. The second-order valence-electron chi connectivity index (χ2n) is 8.51. The van der Waals surface area contributed by atoms with E-state index in [9.17, 15) is 19.1 Å². The first-order valence-corrected chi connectivity index (χ1v) is 9.64. The van der Waals surface area contributed by atoms with E-state index in [4.69, 9.17) is 4.74 Å². The average Bonchev–Trinajstić information content (AvgIpc) is 3.33. The van der Waals surface area contributed by atoms with Gasteiger partial charge in [-0.3, -0.25) is 4.79 Å². The number of nitrogens with one attached hydrogen (secondary N) is 2. The molecule has 154 valence electrons. The van der Waals surface area contributed by atoms with Gasteiger partial charge in [-0.25, -0.2) is 9.18 Å². The molecule has 1 aromatic carbocycles. The third-order valence-electron chi connectivity index (χ3n) is 4.62. The molecule has 0 aromatic heterocycles. The van der Waals surface area contributed by atoms with Crippen LogP contribution in [0.2, 0.25) is 0 Å².